The molecule has 3 rings (SSSR count). The van der Waals surface area contributed by atoms with Crippen LogP contribution in [0.1, 0.15) is 36.0 Å². The minimum absolute atomic E-state index is 0.00982. The maximum Gasteiger partial charge on any atom is 0.251 e. The molecule has 20 heavy (non-hydrogen) atoms. The lowest BCUT2D eigenvalue weighted by atomic mass is 9.90. The van der Waals surface area contributed by atoms with Gasteiger partial charge in [-0.15, -0.1) is 0 Å². The molecule has 1 aromatic rings. The van der Waals surface area contributed by atoms with Crippen LogP contribution < -0.4 is 5.32 Å². The molecule has 2 fully saturated rings. The number of amides is 1. The number of ether oxygens (including phenoxy) is 2. The third-order valence-electron chi connectivity index (χ3n) is 4.00. The lowest BCUT2D eigenvalue weighted by Gasteiger charge is -2.35. The molecule has 1 spiro atoms. The molecule has 0 aromatic heterocycles. The number of rotatable bonds is 2. The second-order valence-electron chi connectivity index (χ2n) is 5.36. The van der Waals surface area contributed by atoms with Gasteiger partial charge in [-0.25, -0.2) is 0 Å². The van der Waals surface area contributed by atoms with Crippen LogP contribution in [0.3, 0.4) is 0 Å². The molecule has 0 radical (unpaired) electrons. The van der Waals surface area contributed by atoms with E-state index in [0.29, 0.717) is 13.2 Å². The lowest BCUT2D eigenvalue weighted by Crippen LogP contribution is -2.44. The van der Waals surface area contributed by atoms with Gasteiger partial charge < -0.3 is 14.8 Å². The number of nitrogens with one attached hydrogen (secondary N) is 1. The van der Waals surface area contributed by atoms with E-state index >= 15 is 0 Å². The molecule has 2 aliphatic rings. The third-order valence-corrected chi connectivity index (χ3v) is 4.72. The fraction of sp³-hybridized carbons (Fsp3) is 0.533. The Morgan fingerprint density at radius 2 is 1.75 bits per heavy atom. The van der Waals surface area contributed by atoms with Crippen molar-refractivity contribution in [3.05, 3.63) is 33.4 Å². The summed E-state index contributed by atoms with van der Waals surface area (Å²) in [4.78, 5) is 12.2. The van der Waals surface area contributed by atoms with E-state index in [2.05, 4.69) is 27.9 Å². The van der Waals surface area contributed by atoms with Gasteiger partial charge in [0, 0.05) is 28.0 Å². The number of carbonyl (C=O) groups is 1. The molecule has 0 bridgehead atoms. The van der Waals surface area contributed by atoms with E-state index in [1.165, 1.54) is 0 Å². The van der Waals surface area contributed by atoms with E-state index in [4.69, 9.17) is 9.47 Å². The Kier molecular flexibility index (Phi) is 4.28. The molecule has 1 saturated carbocycles. The first-order chi connectivity index (χ1) is 9.67. The van der Waals surface area contributed by atoms with Crippen molar-refractivity contribution in [1.82, 2.24) is 5.32 Å². The quantitative estimate of drug-likeness (QED) is 0.794. The third kappa shape index (κ3) is 3.15. The van der Waals surface area contributed by atoms with Gasteiger partial charge in [-0.05, 0) is 59.7 Å². The van der Waals surface area contributed by atoms with Gasteiger partial charge in [-0.1, -0.05) is 0 Å². The highest BCUT2D eigenvalue weighted by atomic mass is 127. The maximum atomic E-state index is 12.2. The van der Waals surface area contributed by atoms with Crippen molar-refractivity contribution in [2.45, 2.75) is 37.5 Å². The van der Waals surface area contributed by atoms with Crippen molar-refractivity contribution in [1.29, 1.82) is 0 Å². The minimum Gasteiger partial charge on any atom is -0.349 e. The Balaban J connectivity index is 1.54. The lowest BCUT2D eigenvalue weighted by molar-refractivity contribution is -0.179. The van der Waals surface area contributed by atoms with Crippen molar-refractivity contribution in [3.63, 3.8) is 0 Å². The molecule has 1 saturated heterocycles. The molecular weight excluding hydrogens is 369 g/mol. The highest BCUT2D eigenvalue weighted by Gasteiger charge is 2.40. The van der Waals surface area contributed by atoms with Crippen LogP contribution in [0.25, 0.3) is 0 Å². The number of hydrogen-bond donors (Lipinski definition) is 1. The zero-order chi connectivity index (χ0) is 14.0. The van der Waals surface area contributed by atoms with Crippen molar-refractivity contribution in [3.8, 4) is 0 Å². The molecule has 108 valence electrons. The van der Waals surface area contributed by atoms with Gasteiger partial charge in [0.2, 0.25) is 0 Å². The smallest absolute Gasteiger partial charge is 0.251 e. The SMILES string of the molecule is O=C(NC1CCC2(CC1)OCCO2)c1ccc(I)cc1. The largest absolute Gasteiger partial charge is 0.349 e. The number of hydrogen-bond acceptors (Lipinski definition) is 3. The first kappa shape index (κ1) is 14.3. The molecule has 1 aromatic carbocycles. The fourth-order valence-electron chi connectivity index (χ4n) is 2.86. The highest BCUT2D eigenvalue weighted by molar-refractivity contribution is 14.1. The van der Waals surface area contributed by atoms with Crippen LogP contribution in [0.15, 0.2) is 24.3 Å². The van der Waals surface area contributed by atoms with E-state index in [-0.39, 0.29) is 17.7 Å². The van der Waals surface area contributed by atoms with E-state index in [1.54, 1.807) is 0 Å². The second kappa shape index (κ2) is 5.99. The minimum atomic E-state index is -0.357. The molecule has 0 atom stereocenters. The number of carbonyl (C=O) groups excluding carboxylic acids is 1. The van der Waals surface area contributed by atoms with Gasteiger partial charge in [0.1, 0.15) is 0 Å². The summed E-state index contributed by atoms with van der Waals surface area (Å²) in [6.45, 7) is 1.39. The number of halogens is 1. The van der Waals surface area contributed by atoms with Crippen molar-refractivity contribution in [2.24, 2.45) is 0 Å². The second-order valence-corrected chi connectivity index (χ2v) is 6.61. The average Bonchev–Trinajstić information content (AvgIpc) is 2.91. The first-order valence-electron chi connectivity index (χ1n) is 7.01. The predicted octanol–water partition coefficient (Wildman–Crippen LogP) is 2.71. The number of benzene rings is 1. The van der Waals surface area contributed by atoms with Gasteiger partial charge in [-0.2, -0.15) is 0 Å². The van der Waals surface area contributed by atoms with Crippen molar-refractivity contribution >= 4 is 28.5 Å². The van der Waals surface area contributed by atoms with Crippen molar-refractivity contribution < 1.29 is 14.3 Å². The summed E-state index contributed by atoms with van der Waals surface area (Å²) in [5.41, 5.74) is 0.721. The molecule has 5 heteroatoms. The van der Waals surface area contributed by atoms with Crippen LogP contribution in [0.5, 0.6) is 0 Å². The molecule has 1 amide bonds. The monoisotopic (exact) mass is 387 g/mol. The van der Waals surface area contributed by atoms with Crippen LogP contribution in [0, 0.1) is 3.57 Å². The molecule has 1 heterocycles. The van der Waals surface area contributed by atoms with E-state index in [9.17, 15) is 4.79 Å². The normalized spacial score (nSPS) is 22.1. The summed E-state index contributed by atoms with van der Waals surface area (Å²) in [6, 6.07) is 7.85. The van der Waals surface area contributed by atoms with Crippen molar-refractivity contribution in [2.75, 3.05) is 13.2 Å². The summed E-state index contributed by atoms with van der Waals surface area (Å²) >= 11 is 2.23. The highest BCUT2D eigenvalue weighted by Crippen LogP contribution is 2.35. The zero-order valence-corrected chi connectivity index (χ0v) is 13.4. The summed E-state index contributed by atoms with van der Waals surface area (Å²) in [5, 5.41) is 3.11. The average molecular weight is 387 g/mol. The predicted molar refractivity (Wildman–Crippen MR) is 83.5 cm³/mol. The van der Waals surface area contributed by atoms with Crippen LogP contribution in [0.2, 0.25) is 0 Å². The Bertz CT molecular complexity index is 472. The molecule has 1 N–H and O–H groups in total. The maximum absolute atomic E-state index is 12.2. The van der Waals surface area contributed by atoms with Crippen LogP contribution in [0.4, 0.5) is 0 Å². The molecule has 1 aliphatic carbocycles. The van der Waals surface area contributed by atoms with Gasteiger partial charge >= 0.3 is 0 Å². The topological polar surface area (TPSA) is 47.6 Å². The summed E-state index contributed by atoms with van der Waals surface area (Å²) in [5.74, 6) is -0.347. The standard InChI is InChI=1S/C15H18INO3/c16-12-3-1-11(2-4-12)14(18)17-13-5-7-15(8-6-13)19-9-10-20-15/h1-4,13H,5-10H2,(H,17,18). The molecule has 0 unspecified atom stereocenters. The van der Waals surface area contributed by atoms with Gasteiger partial charge in [0.05, 0.1) is 13.2 Å². The van der Waals surface area contributed by atoms with E-state index in [0.717, 1.165) is 34.8 Å². The van der Waals surface area contributed by atoms with E-state index < -0.39 is 0 Å². The molecule has 4 nitrogen and oxygen atoms in total. The summed E-state index contributed by atoms with van der Waals surface area (Å²) in [7, 11) is 0. The Morgan fingerprint density at radius 3 is 2.35 bits per heavy atom. The van der Waals surface area contributed by atoms with Crippen LogP contribution >= 0.6 is 22.6 Å². The Labute approximate surface area is 132 Å². The van der Waals surface area contributed by atoms with E-state index in [1.807, 2.05) is 24.3 Å². The van der Waals surface area contributed by atoms with Gasteiger partial charge in [0.25, 0.3) is 5.91 Å². The summed E-state index contributed by atoms with van der Waals surface area (Å²) < 4.78 is 12.5. The molecular formula is C15H18INO3. The fourth-order valence-corrected chi connectivity index (χ4v) is 3.22. The zero-order valence-electron chi connectivity index (χ0n) is 11.2. The van der Waals surface area contributed by atoms with Gasteiger partial charge in [-0.3, -0.25) is 4.79 Å². The first-order valence-corrected chi connectivity index (χ1v) is 8.09. The molecule has 1 aliphatic heterocycles. The Morgan fingerprint density at radius 1 is 1.15 bits per heavy atom. The van der Waals surface area contributed by atoms with Crippen LogP contribution in [-0.4, -0.2) is 30.9 Å². The van der Waals surface area contributed by atoms with Gasteiger partial charge in [0.15, 0.2) is 5.79 Å². The summed E-state index contributed by atoms with van der Waals surface area (Å²) in [6.07, 6.45) is 3.56. The Hall–Kier alpha value is -0.660. The van der Waals surface area contributed by atoms with Crippen LogP contribution in [-0.2, 0) is 9.47 Å².